The Balaban J connectivity index is 4.66. The first-order chi connectivity index (χ1) is 17.0. The van der Waals surface area contributed by atoms with Gasteiger partial charge >= 0.3 is 54.1 Å². The molecule has 0 unspecified atom stereocenters. The SMILES string of the molecule is CC(C)([O])c1c(C(F)(F)C(F)(F)C(F)(F)F)cc(C(F)(F)C(F)(F)C(F)(F)F)cc1C(F)(F)C(F)(F)C(F)(F)F. The third kappa shape index (κ3) is 5.12. The fourth-order valence-electron chi connectivity index (χ4n) is 3.02. The highest BCUT2D eigenvalue weighted by molar-refractivity contribution is 5.50. The maximum absolute atomic E-state index is 14.5. The van der Waals surface area contributed by atoms with E-state index in [4.69, 9.17) is 0 Å². The first-order valence-electron chi connectivity index (χ1n) is 9.33. The van der Waals surface area contributed by atoms with Gasteiger partial charge in [0.25, 0.3) is 0 Å². The Labute approximate surface area is 206 Å². The average molecular weight is 639 g/mol. The first kappa shape index (κ1) is 35.7. The molecule has 0 saturated heterocycles. The molecule has 1 aromatic carbocycles. The summed E-state index contributed by atoms with van der Waals surface area (Å²) in [7, 11) is 0. The van der Waals surface area contributed by atoms with Crippen LogP contribution >= 0.6 is 0 Å². The van der Waals surface area contributed by atoms with Gasteiger partial charge in [0.1, 0.15) is 5.60 Å². The van der Waals surface area contributed by atoms with E-state index in [1.165, 1.54) is 0 Å². The van der Waals surface area contributed by atoms with E-state index in [0.717, 1.165) is 0 Å². The van der Waals surface area contributed by atoms with Gasteiger partial charge in [-0.1, -0.05) is 0 Å². The van der Waals surface area contributed by atoms with Crippen LogP contribution in [-0.2, 0) is 28.5 Å². The van der Waals surface area contributed by atoms with Crippen LogP contribution in [0.3, 0.4) is 0 Å². The molecule has 40 heavy (non-hydrogen) atoms. The Morgan fingerprint density at radius 3 is 0.850 bits per heavy atom. The highest BCUT2D eigenvalue weighted by Crippen LogP contribution is 2.60. The standard InChI is InChI=1S/C18H8F21O/c1-9(2,40)8-6(11(21,22)14(27,28)17(34,35)36)3-5(10(19,20)13(25,26)16(31,32)33)4-7(8)12(23,24)15(29,30)18(37,38)39/h3-4H,1-2H3. The summed E-state index contributed by atoms with van der Waals surface area (Å²) in [5.74, 6) is -45.3. The molecule has 1 nitrogen and oxygen atoms in total. The molecule has 0 aliphatic heterocycles. The number of alkyl halides is 21. The number of hydrogen-bond acceptors (Lipinski definition) is 0. The Kier molecular flexibility index (Phi) is 8.13. The monoisotopic (exact) mass is 639 g/mol. The van der Waals surface area contributed by atoms with Gasteiger partial charge in [-0.15, -0.1) is 0 Å². The van der Waals surface area contributed by atoms with Gasteiger partial charge in [-0.25, -0.2) is 5.11 Å². The molecule has 0 spiro atoms. The number of rotatable bonds is 7. The topological polar surface area (TPSA) is 19.9 Å². The van der Waals surface area contributed by atoms with Gasteiger partial charge in [0.15, 0.2) is 0 Å². The molecule has 0 atom stereocenters. The van der Waals surface area contributed by atoms with Crippen molar-refractivity contribution in [1.82, 2.24) is 0 Å². The highest BCUT2D eigenvalue weighted by Gasteiger charge is 2.78. The second kappa shape index (κ2) is 9.10. The lowest BCUT2D eigenvalue weighted by Crippen LogP contribution is -2.54. The van der Waals surface area contributed by atoms with E-state index in [9.17, 15) is 97.3 Å². The normalized spacial score (nSPS) is 16.0. The van der Waals surface area contributed by atoms with Crippen LogP contribution in [-0.4, -0.2) is 36.3 Å². The van der Waals surface area contributed by atoms with Crippen molar-refractivity contribution in [3.8, 4) is 0 Å². The zero-order valence-corrected chi connectivity index (χ0v) is 18.5. The first-order valence-corrected chi connectivity index (χ1v) is 9.33. The Hall–Kier alpha value is -2.29. The molecule has 1 radical (unpaired) electrons. The minimum absolute atomic E-state index is 0.346. The highest BCUT2D eigenvalue weighted by atomic mass is 19.4. The summed E-state index contributed by atoms with van der Waals surface area (Å²) in [6, 6.07) is -3.72. The van der Waals surface area contributed by atoms with Crippen LogP contribution in [0.25, 0.3) is 0 Å². The molecule has 1 aromatic rings. The van der Waals surface area contributed by atoms with E-state index in [2.05, 4.69) is 0 Å². The van der Waals surface area contributed by atoms with Crippen molar-refractivity contribution in [2.24, 2.45) is 0 Å². The molecule has 0 amide bonds. The van der Waals surface area contributed by atoms with E-state index in [1.807, 2.05) is 0 Å². The molecule has 0 saturated carbocycles. The lowest BCUT2D eigenvalue weighted by molar-refractivity contribution is -0.363. The molecule has 0 fully saturated rings. The van der Waals surface area contributed by atoms with E-state index < -0.39 is 94.1 Å². The van der Waals surface area contributed by atoms with Crippen molar-refractivity contribution < 1.29 is 97.3 Å². The summed E-state index contributed by atoms with van der Waals surface area (Å²) < 4.78 is 282. The Bertz CT molecular complexity index is 1040. The van der Waals surface area contributed by atoms with Crippen molar-refractivity contribution in [2.75, 3.05) is 0 Å². The van der Waals surface area contributed by atoms with Crippen molar-refractivity contribution in [3.05, 3.63) is 34.4 Å². The smallest absolute Gasteiger partial charge is 0.225 e. The summed E-state index contributed by atoms with van der Waals surface area (Å²) in [6.07, 6.45) is -22.7. The third-order valence-corrected chi connectivity index (χ3v) is 5.03. The van der Waals surface area contributed by atoms with Crippen LogP contribution in [0.4, 0.5) is 92.2 Å². The van der Waals surface area contributed by atoms with Crippen molar-refractivity contribution in [1.29, 1.82) is 0 Å². The van der Waals surface area contributed by atoms with Crippen LogP contribution in [0.5, 0.6) is 0 Å². The van der Waals surface area contributed by atoms with Gasteiger partial charge < -0.3 is 0 Å². The number of benzene rings is 1. The molecule has 0 aromatic heterocycles. The van der Waals surface area contributed by atoms with E-state index >= 15 is 0 Å². The van der Waals surface area contributed by atoms with Crippen LogP contribution in [0, 0.1) is 0 Å². The molecule has 0 aliphatic rings. The van der Waals surface area contributed by atoms with Gasteiger partial charge in [-0.3, -0.25) is 0 Å². The largest absolute Gasteiger partial charge is 0.460 e. The van der Waals surface area contributed by atoms with Crippen LogP contribution < -0.4 is 0 Å². The van der Waals surface area contributed by atoms with Gasteiger partial charge in [-0.05, 0) is 26.0 Å². The van der Waals surface area contributed by atoms with Gasteiger partial charge in [0, 0.05) is 22.3 Å². The zero-order chi connectivity index (χ0) is 32.7. The van der Waals surface area contributed by atoms with Gasteiger partial charge in [0.05, 0.1) is 0 Å². The zero-order valence-electron chi connectivity index (χ0n) is 18.5. The van der Waals surface area contributed by atoms with Crippen LogP contribution in [0.1, 0.15) is 36.1 Å². The summed E-state index contributed by atoms with van der Waals surface area (Å²) in [4.78, 5) is 0. The van der Waals surface area contributed by atoms with Crippen LogP contribution in [0.2, 0.25) is 0 Å². The minimum atomic E-state index is -7.72. The van der Waals surface area contributed by atoms with Crippen LogP contribution in [0.15, 0.2) is 12.1 Å². The predicted molar refractivity (Wildman–Crippen MR) is 84.8 cm³/mol. The molecule has 0 bridgehead atoms. The summed E-state index contributed by atoms with van der Waals surface area (Å²) in [5, 5.41) is 12.3. The molecule has 1 rings (SSSR count). The van der Waals surface area contributed by atoms with E-state index in [0.29, 0.717) is 0 Å². The molecule has 0 heterocycles. The molecule has 233 valence electrons. The third-order valence-electron chi connectivity index (χ3n) is 5.03. The average Bonchev–Trinajstić information content (AvgIpc) is 2.69. The van der Waals surface area contributed by atoms with E-state index in [1.54, 1.807) is 0 Å². The molecule has 0 N–H and O–H groups in total. The molecule has 0 aliphatic carbocycles. The summed E-state index contributed by atoms with van der Waals surface area (Å²) >= 11 is 0. The quantitative estimate of drug-likeness (QED) is 0.265. The summed E-state index contributed by atoms with van der Waals surface area (Å²) in [5.41, 5.74) is -19.3. The van der Waals surface area contributed by atoms with Gasteiger partial charge in [0.2, 0.25) is 0 Å². The maximum atomic E-state index is 14.5. The van der Waals surface area contributed by atoms with E-state index in [-0.39, 0.29) is 13.8 Å². The predicted octanol–water partition coefficient (Wildman–Crippen LogP) is 9.22. The second-order valence-electron chi connectivity index (χ2n) is 8.40. The van der Waals surface area contributed by atoms with Crippen molar-refractivity contribution in [2.45, 2.75) is 73.5 Å². The fourth-order valence-corrected chi connectivity index (χ4v) is 3.02. The van der Waals surface area contributed by atoms with Gasteiger partial charge in [-0.2, -0.15) is 92.2 Å². The van der Waals surface area contributed by atoms with Crippen molar-refractivity contribution >= 4 is 0 Å². The Morgan fingerprint density at radius 1 is 0.425 bits per heavy atom. The lowest BCUT2D eigenvalue weighted by Gasteiger charge is -2.37. The lowest BCUT2D eigenvalue weighted by atomic mass is 9.79. The molecular weight excluding hydrogens is 631 g/mol. The fraction of sp³-hybridized carbons (Fsp3) is 0.667. The minimum Gasteiger partial charge on any atom is -0.225 e. The second-order valence-corrected chi connectivity index (χ2v) is 8.40. The number of halogens is 21. The molecule has 22 heteroatoms. The Morgan fingerprint density at radius 2 is 0.650 bits per heavy atom. The number of hydrogen-bond donors (Lipinski definition) is 0. The summed E-state index contributed by atoms with van der Waals surface area (Å²) in [6.45, 7) is -0.692. The van der Waals surface area contributed by atoms with Crippen molar-refractivity contribution in [3.63, 3.8) is 0 Å². The molecular formula is C18H8F21O. The maximum Gasteiger partial charge on any atom is 0.460 e.